The van der Waals surface area contributed by atoms with Gasteiger partial charge in [-0.25, -0.2) is 0 Å². The van der Waals surface area contributed by atoms with Crippen LogP contribution < -0.4 is 4.90 Å². The Morgan fingerprint density at radius 2 is 1.85 bits per heavy atom. The molecule has 1 N–H and O–H groups in total. The monoisotopic (exact) mass is 402 g/mol. The van der Waals surface area contributed by atoms with E-state index in [-0.39, 0.29) is 9.65 Å². The molecule has 1 saturated heterocycles. The largest absolute Gasteiger partial charge is 0.329 e. The molecule has 110 valence electrons. The Bertz CT molecular complexity index is 429. The summed E-state index contributed by atoms with van der Waals surface area (Å²) in [6.07, 6.45) is 2.48. The van der Waals surface area contributed by atoms with Crippen LogP contribution in [0.5, 0.6) is 0 Å². The van der Waals surface area contributed by atoms with Crippen LogP contribution in [0.25, 0.3) is 0 Å². The lowest BCUT2D eigenvalue weighted by Crippen LogP contribution is -3.14. The fourth-order valence-electron chi connectivity index (χ4n) is 2.66. The predicted octanol–water partition coefficient (Wildman–Crippen LogP) is 2.77. The van der Waals surface area contributed by atoms with Crippen LogP contribution >= 0.6 is 31.9 Å². The lowest BCUT2D eigenvalue weighted by atomic mass is 9.99. The highest BCUT2D eigenvalue weighted by Gasteiger charge is 2.29. The molecule has 1 heterocycles. The Balaban J connectivity index is 1.88. The smallest absolute Gasteiger partial charge is 0.201 e. The van der Waals surface area contributed by atoms with E-state index in [0.29, 0.717) is 12.3 Å². The van der Waals surface area contributed by atoms with Crippen molar-refractivity contribution in [3.05, 3.63) is 35.9 Å². The van der Waals surface area contributed by atoms with E-state index in [0.717, 1.165) is 24.6 Å². The Hall–Kier alpha value is -0.190. The predicted molar refractivity (Wildman–Crippen MR) is 89.8 cm³/mol. The maximum Gasteiger partial charge on any atom is 0.201 e. The fraction of sp³-hybridized carbons (Fsp3) is 0.562. The molecule has 2 nitrogen and oxygen atoms in total. The Labute approximate surface area is 138 Å². The summed E-state index contributed by atoms with van der Waals surface area (Å²) in [6.45, 7) is 5.20. The summed E-state index contributed by atoms with van der Waals surface area (Å²) in [5.74, 6) is 1.11. The number of piperidine rings is 1. The van der Waals surface area contributed by atoms with Crippen molar-refractivity contribution >= 4 is 37.6 Å². The van der Waals surface area contributed by atoms with Gasteiger partial charge in [-0.2, -0.15) is 0 Å². The molecule has 20 heavy (non-hydrogen) atoms. The number of rotatable bonds is 5. The normalized spacial score (nSPS) is 25.9. The standard InChI is InChI=1S/C16H21Br2NO/c1-12-7-9-19(10-8-12)11-14(20)16(18)15(17)13-5-3-2-4-6-13/h2-6,12,15-16H,7-11H2,1H3/p+1/t15-,16+/m0/s1. The van der Waals surface area contributed by atoms with Gasteiger partial charge < -0.3 is 4.90 Å². The molecular weight excluding hydrogens is 382 g/mol. The van der Waals surface area contributed by atoms with Gasteiger partial charge in [0, 0.05) is 0 Å². The molecule has 1 aliphatic heterocycles. The van der Waals surface area contributed by atoms with E-state index < -0.39 is 0 Å². The summed E-state index contributed by atoms with van der Waals surface area (Å²) in [5, 5.41) is 0. The maximum atomic E-state index is 12.4. The molecule has 0 amide bonds. The number of carbonyl (C=O) groups excluding carboxylic acids is 1. The number of Topliss-reactive ketones (excluding diaryl/α,β-unsaturated/α-hetero) is 1. The van der Waals surface area contributed by atoms with Gasteiger partial charge in [-0.05, 0) is 24.3 Å². The minimum absolute atomic E-state index is 0.0410. The molecule has 1 fully saturated rings. The first kappa shape index (κ1) is 16.2. The van der Waals surface area contributed by atoms with Gasteiger partial charge in [-0.3, -0.25) is 4.79 Å². The first-order valence-electron chi connectivity index (χ1n) is 7.27. The van der Waals surface area contributed by atoms with E-state index in [1.165, 1.54) is 17.7 Å². The Kier molecular flexibility index (Phi) is 6.24. The van der Waals surface area contributed by atoms with Crippen molar-refractivity contribution in [3.8, 4) is 0 Å². The Morgan fingerprint density at radius 1 is 1.25 bits per heavy atom. The molecule has 0 bridgehead atoms. The van der Waals surface area contributed by atoms with E-state index in [4.69, 9.17) is 0 Å². The number of ketones is 1. The third-order valence-electron chi connectivity index (χ3n) is 4.09. The second kappa shape index (κ2) is 7.71. The van der Waals surface area contributed by atoms with E-state index >= 15 is 0 Å². The van der Waals surface area contributed by atoms with Crippen LogP contribution in [0.3, 0.4) is 0 Å². The Morgan fingerprint density at radius 3 is 2.45 bits per heavy atom. The molecule has 2 atom stereocenters. The fourth-order valence-corrected chi connectivity index (χ4v) is 3.73. The third-order valence-corrected chi connectivity index (χ3v) is 6.89. The van der Waals surface area contributed by atoms with Gasteiger partial charge >= 0.3 is 0 Å². The van der Waals surface area contributed by atoms with E-state index in [9.17, 15) is 4.79 Å². The van der Waals surface area contributed by atoms with Gasteiger partial charge in [0.05, 0.1) is 22.7 Å². The van der Waals surface area contributed by atoms with Crippen LogP contribution in [-0.4, -0.2) is 30.2 Å². The molecule has 0 spiro atoms. The van der Waals surface area contributed by atoms with Crippen LogP contribution in [-0.2, 0) is 4.79 Å². The lowest BCUT2D eigenvalue weighted by molar-refractivity contribution is -0.898. The van der Waals surface area contributed by atoms with E-state index in [2.05, 4.69) is 50.9 Å². The summed E-state index contributed by atoms with van der Waals surface area (Å²) in [5.41, 5.74) is 1.14. The minimum Gasteiger partial charge on any atom is -0.329 e. The van der Waals surface area contributed by atoms with Crippen LogP contribution in [0.4, 0.5) is 0 Å². The third kappa shape index (κ3) is 4.40. The van der Waals surface area contributed by atoms with E-state index in [1.54, 1.807) is 0 Å². The van der Waals surface area contributed by atoms with E-state index in [1.807, 2.05) is 18.2 Å². The summed E-state index contributed by atoms with van der Waals surface area (Å²) < 4.78 is 0. The highest BCUT2D eigenvalue weighted by molar-refractivity contribution is 9.12. The van der Waals surface area contributed by atoms with Gasteiger partial charge in [0.2, 0.25) is 5.78 Å². The van der Waals surface area contributed by atoms with Crippen molar-refractivity contribution in [1.29, 1.82) is 0 Å². The van der Waals surface area contributed by atoms with Gasteiger partial charge in [0.15, 0.2) is 0 Å². The van der Waals surface area contributed by atoms with Crippen LogP contribution in [0, 0.1) is 5.92 Å². The van der Waals surface area contributed by atoms with Crippen molar-refractivity contribution in [2.75, 3.05) is 19.6 Å². The SMILES string of the molecule is CC1CC[NH+](CC(=O)[C@@H](Br)[C@@H](Br)c2ccccc2)CC1. The van der Waals surface area contributed by atoms with Gasteiger partial charge in [0.1, 0.15) is 6.54 Å². The molecule has 1 aliphatic rings. The van der Waals surface area contributed by atoms with Crippen molar-refractivity contribution in [1.82, 2.24) is 0 Å². The summed E-state index contributed by atoms with van der Waals surface area (Å²) >= 11 is 7.22. The van der Waals surface area contributed by atoms with Crippen molar-refractivity contribution < 1.29 is 9.69 Å². The second-order valence-corrected chi connectivity index (χ2v) is 7.76. The first-order valence-corrected chi connectivity index (χ1v) is 9.10. The highest BCUT2D eigenvalue weighted by atomic mass is 79.9. The molecule has 0 saturated carbocycles. The number of hydrogen-bond acceptors (Lipinski definition) is 1. The number of halogens is 2. The van der Waals surface area contributed by atoms with Gasteiger partial charge in [0.25, 0.3) is 0 Å². The zero-order valence-corrected chi connectivity index (χ0v) is 15.0. The van der Waals surface area contributed by atoms with Crippen LogP contribution in [0.2, 0.25) is 0 Å². The molecule has 0 aliphatic carbocycles. The number of nitrogens with one attached hydrogen (secondary N) is 1. The summed E-state index contributed by atoms with van der Waals surface area (Å²) in [4.78, 5) is 13.7. The molecule has 1 aromatic carbocycles. The average Bonchev–Trinajstić information content (AvgIpc) is 2.49. The zero-order valence-electron chi connectivity index (χ0n) is 11.8. The quantitative estimate of drug-likeness (QED) is 0.750. The first-order chi connectivity index (χ1) is 9.58. The zero-order chi connectivity index (χ0) is 14.5. The van der Waals surface area contributed by atoms with Crippen molar-refractivity contribution in [2.45, 2.75) is 29.4 Å². The number of hydrogen-bond donors (Lipinski definition) is 1. The molecular formula is C16H22Br2NO+. The molecule has 0 radical (unpaired) electrons. The van der Waals surface area contributed by atoms with Gasteiger partial charge in [-0.15, -0.1) is 0 Å². The minimum atomic E-state index is -0.156. The van der Waals surface area contributed by atoms with Crippen LogP contribution in [0.15, 0.2) is 30.3 Å². The van der Waals surface area contributed by atoms with Crippen molar-refractivity contribution in [2.24, 2.45) is 5.92 Å². The molecule has 0 unspecified atom stereocenters. The molecule has 1 aromatic rings. The van der Waals surface area contributed by atoms with Crippen molar-refractivity contribution in [3.63, 3.8) is 0 Å². The highest BCUT2D eigenvalue weighted by Crippen LogP contribution is 2.31. The van der Waals surface area contributed by atoms with Crippen LogP contribution in [0.1, 0.15) is 30.2 Å². The number of benzene rings is 1. The molecule has 4 heteroatoms. The number of quaternary nitrogens is 1. The number of likely N-dealkylation sites (tertiary alicyclic amines) is 1. The average molecular weight is 404 g/mol. The topological polar surface area (TPSA) is 21.5 Å². The maximum absolute atomic E-state index is 12.4. The summed E-state index contributed by atoms with van der Waals surface area (Å²) in [7, 11) is 0. The number of alkyl halides is 2. The second-order valence-electron chi connectivity index (χ2n) is 5.79. The van der Waals surface area contributed by atoms with Gasteiger partial charge in [-0.1, -0.05) is 69.1 Å². The number of carbonyl (C=O) groups is 1. The molecule has 2 rings (SSSR count). The summed E-state index contributed by atoms with van der Waals surface area (Å²) in [6, 6.07) is 10.1. The molecule has 0 aromatic heterocycles. The lowest BCUT2D eigenvalue weighted by Gasteiger charge is -2.27.